The Morgan fingerprint density at radius 3 is 2.56 bits per heavy atom. The number of morpholine rings is 1. The molecule has 3 aliphatic heterocycles. The molecule has 0 bridgehead atoms. The summed E-state index contributed by atoms with van der Waals surface area (Å²) in [7, 11) is 0. The summed E-state index contributed by atoms with van der Waals surface area (Å²) in [5.41, 5.74) is 5.16. The Labute approximate surface area is 216 Å². The van der Waals surface area contributed by atoms with E-state index in [2.05, 4.69) is 80.5 Å². The van der Waals surface area contributed by atoms with Crippen molar-refractivity contribution in [3.63, 3.8) is 0 Å². The van der Waals surface area contributed by atoms with E-state index in [-0.39, 0.29) is 0 Å². The molecule has 3 aliphatic rings. The van der Waals surface area contributed by atoms with Gasteiger partial charge >= 0.3 is 0 Å². The summed E-state index contributed by atoms with van der Waals surface area (Å²) in [5.74, 6) is 1.91. The second-order valence-corrected chi connectivity index (χ2v) is 10.6. The average Bonchev–Trinajstić information content (AvgIpc) is 3.59. The Balaban J connectivity index is 0.000000286. The molecular weight excluding hydrogens is 448 g/mol. The van der Waals surface area contributed by atoms with E-state index in [0.29, 0.717) is 6.04 Å². The van der Waals surface area contributed by atoms with Crippen LogP contribution in [0.2, 0.25) is 0 Å². The number of aromatic nitrogens is 4. The first-order valence-electron chi connectivity index (χ1n) is 13.8. The molecule has 7 nitrogen and oxygen atoms in total. The Kier molecular flexibility index (Phi) is 8.19. The number of likely N-dealkylation sites (N-methyl/N-ethyl adjacent to an activating group) is 1. The first-order valence-corrected chi connectivity index (χ1v) is 13.8. The van der Waals surface area contributed by atoms with Crippen molar-refractivity contribution in [2.24, 2.45) is 5.92 Å². The number of hydrogen-bond acceptors (Lipinski definition) is 5. The van der Waals surface area contributed by atoms with Crippen LogP contribution >= 0.6 is 0 Å². The summed E-state index contributed by atoms with van der Waals surface area (Å²) < 4.78 is 9.53. The summed E-state index contributed by atoms with van der Waals surface area (Å²) in [4.78, 5) is 9.44. The molecule has 0 unspecified atom stereocenters. The van der Waals surface area contributed by atoms with E-state index in [4.69, 9.17) is 4.74 Å². The first kappa shape index (κ1) is 25.2. The number of fused-ring (bicyclic) bond motifs is 3. The fourth-order valence-corrected chi connectivity index (χ4v) is 5.63. The van der Waals surface area contributed by atoms with Crippen LogP contribution in [0.3, 0.4) is 0 Å². The van der Waals surface area contributed by atoms with Gasteiger partial charge in [0.05, 0.1) is 19.4 Å². The lowest BCUT2D eigenvalue weighted by Gasteiger charge is -2.34. The van der Waals surface area contributed by atoms with Crippen molar-refractivity contribution in [3.05, 3.63) is 54.4 Å². The highest BCUT2D eigenvalue weighted by Gasteiger charge is 2.22. The lowest BCUT2D eigenvalue weighted by Crippen LogP contribution is -2.39. The van der Waals surface area contributed by atoms with Gasteiger partial charge in [-0.05, 0) is 81.9 Å². The van der Waals surface area contributed by atoms with Crippen LogP contribution in [0.4, 0.5) is 0 Å². The van der Waals surface area contributed by atoms with E-state index in [0.717, 1.165) is 57.4 Å². The van der Waals surface area contributed by atoms with Gasteiger partial charge in [-0.2, -0.15) is 5.10 Å². The number of likely N-dealkylation sites (tertiary alicyclic amines) is 1. The van der Waals surface area contributed by atoms with Gasteiger partial charge in [-0.25, -0.2) is 4.98 Å². The van der Waals surface area contributed by atoms with E-state index >= 15 is 0 Å². The highest BCUT2D eigenvalue weighted by Crippen LogP contribution is 2.29. The SMILES string of the molecule is CC(C)N1CCC(Cn2cc(-c3ccc4c(c3)CCc3nccn3-4)cn2)CC1.CCN1CCOCC1. The van der Waals surface area contributed by atoms with E-state index in [1.165, 1.54) is 54.9 Å². The third kappa shape index (κ3) is 5.90. The maximum Gasteiger partial charge on any atom is 0.113 e. The third-order valence-electron chi connectivity index (χ3n) is 8.02. The number of piperidine rings is 1. The van der Waals surface area contributed by atoms with Gasteiger partial charge < -0.3 is 14.2 Å². The van der Waals surface area contributed by atoms with Crippen molar-refractivity contribution in [1.29, 1.82) is 0 Å². The van der Waals surface area contributed by atoms with E-state index in [9.17, 15) is 0 Å². The molecule has 0 saturated carbocycles. The van der Waals surface area contributed by atoms with Crippen molar-refractivity contribution >= 4 is 0 Å². The largest absolute Gasteiger partial charge is 0.379 e. The van der Waals surface area contributed by atoms with Gasteiger partial charge in [-0.15, -0.1) is 0 Å². The minimum absolute atomic E-state index is 0.666. The highest BCUT2D eigenvalue weighted by atomic mass is 16.5. The molecule has 2 saturated heterocycles. The molecule has 3 aromatic rings. The fourth-order valence-electron chi connectivity index (χ4n) is 5.63. The number of rotatable bonds is 5. The van der Waals surface area contributed by atoms with Gasteiger partial charge in [0.2, 0.25) is 0 Å². The smallest absolute Gasteiger partial charge is 0.113 e. The molecule has 194 valence electrons. The second kappa shape index (κ2) is 11.7. The molecule has 1 aromatic carbocycles. The molecular formula is C29H42N6O. The van der Waals surface area contributed by atoms with Crippen LogP contribution < -0.4 is 0 Å². The van der Waals surface area contributed by atoms with Crippen LogP contribution in [0.15, 0.2) is 43.0 Å². The number of aryl methyl sites for hydroxylation is 2. The van der Waals surface area contributed by atoms with Crippen molar-refractivity contribution in [1.82, 2.24) is 29.1 Å². The summed E-state index contributed by atoms with van der Waals surface area (Å²) in [6.07, 6.45) is 12.8. The van der Waals surface area contributed by atoms with Crippen molar-refractivity contribution in [2.45, 2.75) is 59.0 Å². The summed E-state index contributed by atoms with van der Waals surface area (Å²) >= 11 is 0. The van der Waals surface area contributed by atoms with Gasteiger partial charge in [0.15, 0.2) is 0 Å². The molecule has 0 N–H and O–H groups in total. The molecule has 36 heavy (non-hydrogen) atoms. The molecule has 0 amide bonds. The maximum atomic E-state index is 5.16. The van der Waals surface area contributed by atoms with Crippen LogP contribution in [-0.4, -0.2) is 81.1 Å². The molecule has 0 aliphatic carbocycles. The predicted molar refractivity (Wildman–Crippen MR) is 145 cm³/mol. The Morgan fingerprint density at radius 2 is 1.83 bits per heavy atom. The van der Waals surface area contributed by atoms with Crippen LogP contribution in [0.5, 0.6) is 0 Å². The number of benzene rings is 1. The topological polar surface area (TPSA) is 51.4 Å². The minimum atomic E-state index is 0.666. The molecule has 0 spiro atoms. The maximum absolute atomic E-state index is 5.16. The number of nitrogens with zero attached hydrogens (tertiary/aromatic N) is 6. The van der Waals surface area contributed by atoms with Gasteiger partial charge in [0.25, 0.3) is 0 Å². The fraction of sp³-hybridized carbons (Fsp3) is 0.586. The van der Waals surface area contributed by atoms with Crippen molar-refractivity contribution in [3.8, 4) is 16.8 Å². The molecule has 5 heterocycles. The standard InChI is InChI=1S/C23H29N5.C6H13NO/c1-17(2)26-10-7-18(8-11-26)15-27-16-21(14-25-27)19-3-5-22-20(13-19)4-6-23-24-9-12-28(22)23;1-2-7-3-5-8-6-4-7/h3,5,9,12-14,16-18H,4,6-8,10-11,15H2,1-2H3;2-6H2,1H3. The lowest BCUT2D eigenvalue weighted by atomic mass is 9.96. The van der Waals surface area contributed by atoms with E-state index in [1.807, 2.05) is 12.4 Å². The highest BCUT2D eigenvalue weighted by molar-refractivity contribution is 5.66. The zero-order valence-corrected chi connectivity index (χ0v) is 22.3. The third-order valence-corrected chi connectivity index (χ3v) is 8.02. The molecule has 0 atom stereocenters. The lowest BCUT2D eigenvalue weighted by molar-refractivity contribution is 0.0405. The zero-order chi connectivity index (χ0) is 24.9. The zero-order valence-electron chi connectivity index (χ0n) is 22.3. The van der Waals surface area contributed by atoms with E-state index in [1.54, 1.807) is 0 Å². The molecule has 7 heteroatoms. The Hall–Kier alpha value is -2.48. The van der Waals surface area contributed by atoms with Crippen molar-refractivity contribution in [2.75, 3.05) is 45.9 Å². The summed E-state index contributed by atoms with van der Waals surface area (Å²) in [5, 5.41) is 4.67. The van der Waals surface area contributed by atoms with E-state index < -0.39 is 0 Å². The quantitative estimate of drug-likeness (QED) is 0.534. The monoisotopic (exact) mass is 490 g/mol. The van der Waals surface area contributed by atoms with Gasteiger partial charge in [0, 0.05) is 61.9 Å². The second-order valence-electron chi connectivity index (χ2n) is 10.6. The number of imidazole rings is 1. The average molecular weight is 491 g/mol. The number of ether oxygens (including phenoxy) is 1. The normalized spacial score (nSPS) is 19.0. The van der Waals surface area contributed by atoms with Gasteiger partial charge in [-0.3, -0.25) is 9.58 Å². The summed E-state index contributed by atoms with van der Waals surface area (Å²) in [6.45, 7) is 15.5. The molecule has 6 rings (SSSR count). The van der Waals surface area contributed by atoms with Crippen molar-refractivity contribution < 1.29 is 4.74 Å². The minimum Gasteiger partial charge on any atom is -0.379 e. The predicted octanol–water partition coefficient (Wildman–Crippen LogP) is 4.29. The van der Waals surface area contributed by atoms with Crippen LogP contribution in [-0.2, 0) is 24.1 Å². The first-order chi connectivity index (χ1) is 17.6. The Morgan fingerprint density at radius 1 is 1.03 bits per heavy atom. The van der Waals surface area contributed by atoms with Crippen LogP contribution in [0.1, 0.15) is 45.0 Å². The molecule has 2 aromatic heterocycles. The van der Waals surface area contributed by atoms with Gasteiger partial charge in [-0.1, -0.05) is 13.0 Å². The van der Waals surface area contributed by atoms with Crippen LogP contribution in [0.25, 0.3) is 16.8 Å². The Bertz CT molecular complexity index is 1100. The van der Waals surface area contributed by atoms with Crippen LogP contribution in [0, 0.1) is 5.92 Å². The summed E-state index contributed by atoms with van der Waals surface area (Å²) in [6, 6.07) is 7.45. The van der Waals surface area contributed by atoms with Gasteiger partial charge in [0.1, 0.15) is 5.82 Å². The number of hydrogen-bond donors (Lipinski definition) is 0. The molecule has 2 fully saturated rings. The molecule has 0 radical (unpaired) electrons.